The highest BCUT2D eigenvalue weighted by molar-refractivity contribution is 6.00. The van der Waals surface area contributed by atoms with E-state index in [1.807, 2.05) is 18.7 Å². The van der Waals surface area contributed by atoms with Crippen molar-refractivity contribution in [2.75, 3.05) is 25.4 Å². The van der Waals surface area contributed by atoms with Gasteiger partial charge in [0.2, 0.25) is 0 Å². The zero-order chi connectivity index (χ0) is 15.8. The summed E-state index contributed by atoms with van der Waals surface area (Å²) < 4.78 is 5.38. The lowest BCUT2D eigenvalue weighted by molar-refractivity contribution is 0.0865. The van der Waals surface area contributed by atoms with Gasteiger partial charge in [0.25, 0.3) is 0 Å². The molecular formula is C17H24N2O2. The zero-order valence-corrected chi connectivity index (χ0v) is 12.8. The number of carbonyl (C=O) groups is 1. The summed E-state index contributed by atoms with van der Waals surface area (Å²) in [6.45, 7) is 13.0. The van der Waals surface area contributed by atoms with E-state index in [1.165, 1.54) is 0 Å². The van der Waals surface area contributed by atoms with Crippen LogP contribution in [0.5, 0.6) is 5.75 Å². The number of ketones is 1. The highest BCUT2D eigenvalue weighted by atomic mass is 16.5. The minimum atomic E-state index is -0.265. The molecule has 0 aliphatic rings. The Labute approximate surface area is 126 Å². The number of nitrogens with zero attached hydrogens (tertiary/aromatic N) is 1. The molecule has 0 saturated carbocycles. The van der Waals surface area contributed by atoms with Crippen LogP contribution in [-0.4, -0.2) is 36.4 Å². The van der Waals surface area contributed by atoms with Crippen molar-refractivity contribution in [3.63, 3.8) is 0 Å². The first-order valence-electron chi connectivity index (χ1n) is 7.07. The molecule has 0 amide bonds. The van der Waals surface area contributed by atoms with Crippen molar-refractivity contribution >= 4 is 11.5 Å². The standard InChI is InChI=1S/C17H24N2O2/c1-5-10-19(11-6-2)13(4)17(20)14-8-9-16(21-7-3)15(18)12-14/h5-6,8-9,12-13H,1-2,7,10-11,18H2,3-4H3. The van der Waals surface area contributed by atoms with Gasteiger partial charge in [0, 0.05) is 18.7 Å². The van der Waals surface area contributed by atoms with Crippen molar-refractivity contribution in [1.82, 2.24) is 4.90 Å². The van der Waals surface area contributed by atoms with Gasteiger partial charge < -0.3 is 10.5 Å². The average Bonchev–Trinajstić information content (AvgIpc) is 2.48. The molecule has 1 aromatic carbocycles. The molecule has 1 unspecified atom stereocenters. The lowest BCUT2D eigenvalue weighted by atomic mass is 10.0. The first kappa shape index (κ1) is 17.0. The van der Waals surface area contributed by atoms with Gasteiger partial charge in [0.15, 0.2) is 5.78 Å². The van der Waals surface area contributed by atoms with Gasteiger partial charge in [-0.05, 0) is 32.0 Å². The summed E-state index contributed by atoms with van der Waals surface area (Å²) in [5.74, 6) is 0.629. The number of benzene rings is 1. The average molecular weight is 288 g/mol. The molecule has 1 aromatic rings. The van der Waals surface area contributed by atoms with E-state index < -0.39 is 0 Å². The van der Waals surface area contributed by atoms with Gasteiger partial charge in [0.05, 0.1) is 18.3 Å². The summed E-state index contributed by atoms with van der Waals surface area (Å²) >= 11 is 0. The van der Waals surface area contributed by atoms with Crippen LogP contribution in [0, 0.1) is 0 Å². The molecule has 4 heteroatoms. The molecular weight excluding hydrogens is 264 g/mol. The summed E-state index contributed by atoms with van der Waals surface area (Å²) in [7, 11) is 0. The first-order valence-corrected chi connectivity index (χ1v) is 7.07. The lowest BCUT2D eigenvalue weighted by Crippen LogP contribution is -2.39. The van der Waals surface area contributed by atoms with E-state index >= 15 is 0 Å². The van der Waals surface area contributed by atoms with Crippen LogP contribution in [0.3, 0.4) is 0 Å². The summed E-state index contributed by atoms with van der Waals surface area (Å²) in [5.41, 5.74) is 6.98. The SMILES string of the molecule is C=CCN(CC=C)C(C)C(=O)c1ccc(OCC)c(N)c1. The maximum atomic E-state index is 12.6. The van der Waals surface area contributed by atoms with E-state index in [2.05, 4.69) is 13.2 Å². The van der Waals surface area contributed by atoms with Gasteiger partial charge in [-0.25, -0.2) is 0 Å². The highest BCUT2D eigenvalue weighted by Crippen LogP contribution is 2.23. The Balaban J connectivity index is 2.93. The predicted octanol–water partition coefficient (Wildman–Crippen LogP) is 2.91. The van der Waals surface area contributed by atoms with Crippen LogP contribution < -0.4 is 10.5 Å². The van der Waals surface area contributed by atoms with E-state index in [4.69, 9.17) is 10.5 Å². The number of anilines is 1. The molecule has 1 atom stereocenters. The summed E-state index contributed by atoms with van der Waals surface area (Å²) in [5, 5.41) is 0. The van der Waals surface area contributed by atoms with Crippen molar-refractivity contribution in [3.05, 3.63) is 49.1 Å². The molecule has 2 N–H and O–H groups in total. The Morgan fingerprint density at radius 3 is 2.48 bits per heavy atom. The van der Waals surface area contributed by atoms with E-state index in [1.54, 1.807) is 30.4 Å². The largest absolute Gasteiger partial charge is 0.492 e. The molecule has 4 nitrogen and oxygen atoms in total. The van der Waals surface area contributed by atoms with Gasteiger partial charge in [-0.15, -0.1) is 13.2 Å². The normalized spacial score (nSPS) is 12.0. The van der Waals surface area contributed by atoms with Crippen molar-refractivity contribution < 1.29 is 9.53 Å². The topological polar surface area (TPSA) is 55.6 Å². The van der Waals surface area contributed by atoms with E-state index in [0.29, 0.717) is 36.7 Å². The smallest absolute Gasteiger partial charge is 0.179 e. The molecule has 0 saturated heterocycles. The molecule has 21 heavy (non-hydrogen) atoms. The van der Waals surface area contributed by atoms with Crippen molar-refractivity contribution in [2.45, 2.75) is 19.9 Å². The third-order valence-electron chi connectivity index (χ3n) is 3.25. The first-order chi connectivity index (χ1) is 10.0. The number of Topliss-reactive ketones (excluding diaryl/α,β-unsaturated/α-hetero) is 1. The van der Waals surface area contributed by atoms with Gasteiger partial charge >= 0.3 is 0 Å². The van der Waals surface area contributed by atoms with E-state index in [-0.39, 0.29) is 11.8 Å². The fourth-order valence-corrected chi connectivity index (χ4v) is 2.12. The lowest BCUT2D eigenvalue weighted by Gasteiger charge is -2.25. The Morgan fingerprint density at radius 2 is 2.00 bits per heavy atom. The van der Waals surface area contributed by atoms with Gasteiger partial charge in [-0.3, -0.25) is 9.69 Å². The second-order valence-corrected chi connectivity index (χ2v) is 4.76. The van der Waals surface area contributed by atoms with Crippen molar-refractivity contribution in [3.8, 4) is 5.75 Å². The number of ether oxygens (including phenoxy) is 1. The monoisotopic (exact) mass is 288 g/mol. The maximum Gasteiger partial charge on any atom is 0.179 e. The molecule has 114 valence electrons. The Hall–Kier alpha value is -2.07. The van der Waals surface area contributed by atoms with E-state index in [9.17, 15) is 4.79 Å². The molecule has 0 aliphatic heterocycles. The quantitative estimate of drug-likeness (QED) is 0.431. The minimum absolute atomic E-state index is 0.0217. The molecule has 0 bridgehead atoms. The van der Waals surface area contributed by atoms with Gasteiger partial charge in [-0.2, -0.15) is 0 Å². The van der Waals surface area contributed by atoms with Gasteiger partial charge in [0.1, 0.15) is 5.75 Å². The fraction of sp³-hybridized carbons (Fsp3) is 0.353. The Kier molecular flexibility index (Phi) is 6.69. The van der Waals surface area contributed by atoms with Crippen LogP contribution in [0.2, 0.25) is 0 Å². The summed E-state index contributed by atoms with van der Waals surface area (Å²) in [4.78, 5) is 14.5. The van der Waals surface area contributed by atoms with Crippen LogP contribution in [0.15, 0.2) is 43.5 Å². The third kappa shape index (κ3) is 4.46. The molecule has 0 fully saturated rings. The van der Waals surface area contributed by atoms with Crippen LogP contribution >= 0.6 is 0 Å². The van der Waals surface area contributed by atoms with Gasteiger partial charge in [-0.1, -0.05) is 12.2 Å². The zero-order valence-electron chi connectivity index (χ0n) is 12.8. The molecule has 0 aliphatic carbocycles. The van der Waals surface area contributed by atoms with Crippen LogP contribution in [-0.2, 0) is 0 Å². The third-order valence-corrected chi connectivity index (χ3v) is 3.25. The van der Waals surface area contributed by atoms with Crippen LogP contribution in [0.1, 0.15) is 24.2 Å². The Bertz CT molecular complexity index is 502. The maximum absolute atomic E-state index is 12.6. The molecule has 0 heterocycles. The number of hydrogen-bond donors (Lipinski definition) is 1. The molecule has 1 rings (SSSR count). The van der Waals surface area contributed by atoms with Crippen molar-refractivity contribution in [2.24, 2.45) is 0 Å². The summed E-state index contributed by atoms with van der Waals surface area (Å²) in [6, 6.07) is 4.90. The predicted molar refractivity (Wildman–Crippen MR) is 87.8 cm³/mol. The molecule has 0 aromatic heterocycles. The highest BCUT2D eigenvalue weighted by Gasteiger charge is 2.21. The van der Waals surface area contributed by atoms with E-state index in [0.717, 1.165) is 0 Å². The Morgan fingerprint density at radius 1 is 1.38 bits per heavy atom. The second-order valence-electron chi connectivity index (χ2n) is 4.76. The number of nitrogens with two attached hydrogens (primary N) is 1. The molecule has 0 spiro atoms. The number of hydrogen-bond acceptors (Lipinski definition) is 4. The minimum Gasteiger partial charge on any atom is -0.492 e. The number of rotatable bonds is 9. The van der Waals surface area contributed by atoms with Crippen molar-refractivity contribution in [1.29, 1.82) is 0 Å². The molecule has 0 radical (unpaired) electrons. The number of carbonyl (C=O) groups excluding carboxylic acids is 1. The van der Waals surface area contributed by atoms with Crippen LogP contribution in [0.25, 0.3) is 0 Å². The van der Waals surface area contributed by atoms with Crippen LogP contribution in [0.4, 0.5) is 5.69 Å². The summed E-state index contributed by atoms with van der Waals surface area (Å²) in [6.07, 6.45) is 3.56. The number of nitrogen functional groups attached to an aromatic ring is 1. The fourth-order valence-electron chi connectivity index (χ4n) is 2.12. The second kappa shape index (κ2) is 8.27.